The summed E-state index contributed by atoms with van der Waals surface area (Å²) in [5.41, 5.74) is 6.05. The van der Waals surface area contributed by atoms with E-state index in [1.807, 2.05) is 0 Å². The molecule has 0 saturated carbocycles. The average molecular weight is 128 g/mol. The van der Waals surface area contributed by atoms with Gasteiger partial charge in [-0.2, -0.15) is 0 Å². The molecule has 0 aliphatic carbocycles. The number of nitrogens with two attached hydrogens (primary N) is 1. The summed E-state index contributed by atoms with van der Waals surface area (Å²) in [7, 11) is 0. The van der Waals surface area contributed by atoms with Crippen molar-refractivity contribution in [2.24, 2.45) is 11.1 Å². The van der Waals surface area contributed by atoms with Gasteiger partial charge in [-0.15, -0.1) is 0 Å². The minimum Gasteiger partial charge on any atom is -0.328 e. The zero-order valence-electron chi connectivity index (χ0n) is 6.78. The van der Waals surface area contributed by atoms with E-state index in [2.05, 4.69) is 27.7 Å². The highest BCUT2D eigenvalue weighted by Crippen LogP contribution is 2.20. The number of rotatable bonds is 2. The molecule has 0 rings (SSSR count). The highest BCUT2D eigenvalue weighted by atomic mass is 14.6. The maximum atomic E-state index is 5.70. The van der Waals surface area contributed by atoms with E-state index >= 15 is 0 Å². The van der Waals surface area contributed by atoms with Crippen LogP contribution in [0.25, 0.3) is 0 Å². The summed E-state index contributed by atoms with van der Waals surface area (Å²) in [6, 6.07) is 0.282. The second kappa shape index (κ2) is 3.21. The Morgan fingerprint density at radius 1 is 1.44 bits per heavy atom. The molecule has 0 spiro atoms. The fourth-order valence-corrected chi connectivity index (χ4v) is 0.889. The van der Waals surface area contributed by atoms with Crippen LogP contribution >= 0.6 is 0 Å². The van der Waals surface area contributed by atoms with Gasteiger partial charge in [-0.25, -0.2) is 0 Å². The van der Waals surface area contributed by atoms with Crippen molar-refractivity contribution in [3.63, 3.8) is 0 Å². The van der Waals surface area contributed by atoms with Crippen LogP contribution < -0.4 is 5.73 Å². The monoisotopic (exact) mass is 128 g/mol. The molecule has 1 unspecified atom stereocenters. The van der Waals surface area contributed by atoms with Crippen molar-refractivity contribution >= 4 is 0 Å². The second-order valence-corrected chi connectivity index (χ2v) is 3.81. The predicted octanol–water partition coefficient (Wildman–Crippen LogP) is 1.97. The quantitative estimate of drug-likeness (QED) is 0.604. The summed E-state index contributed by atoms with van der Waals surface area (Å²) < 4.78 is 0. The van der Waals surface area contributed by atoms with E-state index in [1.54, 1.807) is 0 Å². The third-order valence-corrected chi connectivity index (χ3v) is 1.25. The van der Waals surface area contributed by atoms with Crippen molar-refractivity contribution in [1.29, 1.82) is 0 Å². The van der Waals surface area contributed by atoms with Crippen LogP contribution in [0.15, 0.2) is 0 Å². The molecule has 0 aliphatic rings. The molecule has 2 N–H and O–H groups in total. The van der Waals surface area contributed by atoms with E-state index in [4.69, 9.17) is 5.73 Å². The topological polar surface area (TPSA) is 26.0 Å². The Morgan fingerprint density at radius 3 is 2.00 bits per heavy atom. The van der Waals surface area contributed by atoms with Gasteiger partial charge < -0.3 is 5.73 Å². The standard InChI is InChI=1S/C8H18N/c1-5-7(9)6-8(2,3)4/h7H,1,5-6,9H2,2-4H3. The van der Waals surface area contributed by atoms with Gasteiger partial charge in [0, 0.05) is 6.04 Å². The molecule has 1 radical (unpaired) electrons. The molecule has 1 atom stereocenters. The fourth-order valence-electron chi connectivity index (χ4n) is 0.889. The Balaban J connectivity index is 3.47. The Morgan fingerprint density at radius 2 is 1.89 bits per heavy atom. The summed E-state index contributed by atoms with van der Waals surface area (Å²) in [5.74, 6) is 0. The van der Waals surface area contributed by atoms with Gasteiger partial charge in [-0.3, -0.25) is 0 Å². The van der Waals surface area contributed by atoms with Crippen LogP contribution in [-0.2, 0) is 0 Å². The zero-order valence-corrected chi connectivity index (χ0v) is 6.78. The van der Waals surface area contributed by atoms with E-state index in [9.17, 15) is 0 Å². The van der Waals surface area contributed by atoms with Crippen molar-refractivity contribution in [2.75, 3.05) is 0 Å². The lowest BCUT2D eigenvalue weighted by molar-refractivity contribution is 0.340. The van der Waals surface area contributed by atoms with Gasteiger partial charge in [0.05, 0.1) is 0 Å². The normalized spacial score (nSPS) is 15.7. The molecule has 9 heavy (non-hydrogen) atoms. The molecule has 1 nitrogen and oxygen atoms in total. The summed E-state index contributed by atoms with van der Waals surface area (Å²) in [6.45, 7) is 10.3. The first kappa shape index (κ1) is 8.96. The van der Waals surface area contributed by atoms with Gasteiger partial charge in [0.2, 0.25) is 0 Å². The van der Waals surface area contributed by atoms with Gasteiger partial charge >= 0.3 is 0 Å². The van der Waals surface area contributed by atoms with Crippen LogP contribution in [0.2, 0.25) is 0 Å². The van der Waals surface area contributed by atoms with Gasteiger partial charge in [0.25, 0.3) is 0 Å². The first-order chi connectivity index (χ1) is 3.95. The minimum atomic E-state index is 0.282. The maximum absolute atomic E-state index is 5.70. The molecule has 0 bridgehead atoms. The van der Waals surface area contributed by atoms with Crippen molar-refractivity contribution < 1.29 is 0 Å². The van der Waals surface area contributed by atoms with Crippen LogP contribution in [0, 0.1) is 12.3 Å². The lowest BCUT2D eigenvalue weighted by Crippen LogP contribution is -2.25. The summed E-state index contributed by atoms with van der Waals surface area (Å²) in [6.07, 6.45) is 1.91. The van der Waals surface area contributed by atoms with E-state index in [0.717, 1.165) is 12.8 Å². The van der Waals surface area contributed by atoms with Crippen molar-refractivity contribution in [3.05, 3.63) is 6.92 Å². The SMILES string of the molecule is [CH2]CC(N)CC(C)(C)C. The Labute approximate surface area is 58.6 Å². The molecular weight excluding hydrogens is 110 g/mol. The molecule has 1 heteroatoms. The van der Waals surface area contributed by atoms with Crippen LogP contribution in [0.3, 0.4) is 0 Å². The van der Waals surface area contributed by atoms with Gasteiger partial charge in [0.1, 0.15) is 0 Å². The zero-order chi connectivity index (χ0) is 7.49. The Kier molecular flexibility index (Phi) is 3.20. The highest BCUT2D eigenvalue weighted by Gasteiger charge is 2.13. The lowest BCUT2D eigenvalue weighted by atomic mass is 9.88. The molecule has 0 aromatic carbocycles. The van der Waals surface area contributed by atoms with Crippen molar-refractivity contribution in [2.45, 2.75) is 39.7 Å². The summed E-state index contributed by atoms with van der Waals surface area (Å²) in [4.78, 5) is 0. The molecule has 0 aliphatic heterocycles. The smallest absolute Gasteiger partial charge is 0.00438 e. The van der Waals surface area contributed by atoms with Gasteiger partial charge in [-0.05, 0) is 18.3 Å². The van der Waals surface area contributed by atoms with Crippen LogP contribution in [-0.4, -0.2) is 6.04 Å². The maximum Gasteiger partial charge on any atom is 0.00438 e. The molecule has 0 saturated heterocycles. The average Bonchev–Trinajstić information content (AvgIpc) is 1.62. The molecule has 0 fully saturated rings. The third-order valence-electron chi connectivity index (χ3n) is 1.25. The van der Waals surface area contributed by atoms with Gasteiger partial charge in [0.15, 0.2) is 0 Å². The predicted molar refractivity (Wildman–Crippen MR) is 42.0 cm³/mol. The molecule has 55 valence electrons. The fraction of sp³-hybridized carbons (Fsp3) is 0.875. The first-order valence-electron chi connectivity index (χ1n) is 3.50. The molecule has 0 amide bonds. The molecular formula is C8H18N. The van der Waals surface area contributed by atoms with E-state index in [-0.39, 0.29) is 6.04 Å². The second-order valence-electron chi connectivity index (χ2n) is 3.81. The van der Waals surface area contributed by atoms with Crippen LogP contribution in [0.4, 0.5) is 0 Å². The van der Waals surface area contributed by atoms with Gasteiger partial charge in [-0.1, -0.05) is 27.7 Å². The lowest BCUT2D eigenvalue weighted by Gasteiger charge is -2.21. The molecule has 0 aromatic rings. The molecule has 0 heterocycles. The third kappa shape index (κ3) is 5.84. The van der Waals surface area contributed by atoms with E-state index < -0.39 is 0 Å². The Bertz CT molecular complexity index is 71.1. The van der Waals surface area contributed by atoms with Crippen LogP contribution in [0.5, 0.6) is 0 Å². The Hall–Kier alpha value is -0.0400. The first-order valence-corrected chi connectivity index (χ1v) is 3.50. The van der Waals surface area contributed by atoms with Crippen molar-refractivity contribution in [1.82, 2.24) is 0 Å². The highest BCUT2D eigenvalue weighted by molar-refractivity contribution is 4.71. The van der Waals surface area contributed by atoms with E-state index in [1.165, 1.54) is 0 Å². The summed E-state index contributed by atoms with van der Waals surface area (Å²) in [5, 5.41) is 0. The minimum absolute atomic E-state index is 0.282. The summed E-state index contributed by atoms with van der Waals surface area (Å²) >= 11 is 0. The van der Waals surface area contributed by atoms with E-state index in [0.29, 0.717) is 5.41 Å². The van der Waals surface area contributed by atoms with Crippen LogP contribution in [0.1, 0.15) is 33.6 Å². The molecule has 0 aromatic heterocycles. The van der Waals surface area contributed by atoms with Crippen molar-refractivity contribution in [3.8, 4) is 0 Å². The number of hydrogen-bond acceptors (Lipinski definition) is 1. The number of hydrogen-bond donors (Lipinski definition) is 1. The largest absolute Gasteiger partial charge is 0.328 e.